The molecule has 6 heteroatoms. The van der Waals surface area contributed by atoms with E-state index < -0.39 is 0 Å². The van der Waals surface area contributed by atoms with E-state index in [1.807, 2.05) is 16.6 Å². The Balaban J connectivity index is 1.36. The Kier molecular flexibility index (Phi) is 8.97. The molecule has 0 saturated heterocycles. The summed E-state index contributed by atoms with van der Waals surface area (Å²) < 4.78 is 2.03. The highest BCUT2D eigenvalue weighted by molar-refractivity contribution is 6.30. The second-order valence-electron chi connectivity index (χ2n) is 11.2. The monoisotopic (exact) mass is 521 g/mol. The van der Waals surface area contributed by atoms with Crippen molar-refractivity contribution in [2.45, 2.75) is 90.5 Å². The van der Waals surface area contributed by atoms with Crippen LogP contribution in [0.4, 0.5) is 5.82 Å². The van der Waals surface area contributed by atoms with Crippen LogP contribution in [0.25, 0.3) is 11.2 Å². The van der Waals surface area contributed by atoms with E-state index in [4.69, 9.17) is 21.7 Å². The van der Waals surface area contributed by atoms with Gasteiger partial charge in [-0.3, -0.25) is 0 Å². The highest BCUT2D eigenvalue weighted by Gasteiger charge is 2.41. The first-order valence-corrected chi connectivity index (χ1v) is 14.4. The number of aryl methyl sites for hydroxylation is 2. The minimum absolute atomic E-state index is 0.253. The van der Waals surface area contributed by atoms with Crippen LogP contribution in [0.1, 0.15) is 94.1 Å². The quantitative estimate of drug-likeness (QED) is 0.222. The summed E-state index contributed by atoms with van der Waals surface area (Å²) in [5.74, 6) is 1.56. The molecular weight excluding hydrogens is 478 g/mol. The number of rotatable bonds is 14. The minimum Gasteiger partial charge on any atom is -0.358 e. The van der Waals surface area contributed by atoms with E-state index in [2.05, 4.69) is 69.7 Å². The van der Waals surface area contributed by atoms with E-state index in [1.165, 1.54) is 49.7 Å². The van der Waals surface area contributed by atoms with E-state index in [9.17, 15) is 0 Å². The van der Waals surface area contributed by atoms with Crippen LogP contribution in [0.5, 0.6) is 0 Å². The van der Waals surface area contributed by atoms with Gasteiger partial charge in [-0.15, -0.1) is 0 Å². The summed E-state index contributed by atoms with van der Waals surface area (Å²) in [5.41, 5.74) is 6.99. The van der Waals surface area contributed by atoms with Gasteiger partial charge in [0.25, 0.3) is 0 Å². The van der Waals surface area contributed by atoms with Crippen LogP contribution in [0, 0.1) is 6.92 Å². The SMILES string of the molecule is C=C(C)c1cc(Cl)ccc1CCC1(NCCN(C)c2cc(C)nc3cc(C(C)CCCCC)nn23)CC1. The summed E-state index contributed by atoms with van der Waals surface area (Å²) in [6.45, 7) is 14.7. The Morgan fingerprint density at radius 3 is 2.73 bits per heavy atom. The molecule has 2 heterocycles. The number of unbranched alkanes of at least 4 members (excludes halogenated alkanes) is 2. The van der Waals surface area contributed by atoms with Gasteiger partial charge < -0.3 is 10.2 Å². The number of anilines is 1. The van der Waals surface area contributed by atoms with Crippen molar-refractivity contribution in [3.05, 3.63) is 64.4 Å². The number of likely N-dealkylation sites (N-methyl/N-ethyl adjacent to an activating group) is 1. The van der Waals surface area contributed by atoms with Crippen molar-refractivity contribution in [3.8, 4) is 0 Å². The van der Waals surface area contributed by atoms with Crippen molar-refractivity contribution in [2.24, 2.45) is 0 Å². The van der Waals surface area contributed by atoms with Gasteiger partial charge in [-0.05, 0) is 69.2 Å². The molecule has 0 aliphatic heterocycles. The molecule has 0 bridgehead atoms. The third kappa shape index (κ3) is 6.94. The molecule has 37 heavy (non-hydrogen) atoms. The first-order valence-electron chi connectivity index (χ1n) is 14.0. The fourth-order valence-electron chi connectivity index (χ4n) is 5.27. The van der Waals surface area contributed by atoms with Gasteiger partial charge >= 0.3 is 0 Å². The Morgan fingerprint density at radius 1 is 1.24 bits per heavy atom. The van der Waals surface area contributed by atoms with Crippen LogP contribution in [0.3, 0.4) is 0 Å². The summed E-state index contributed by atoms with van der Waals surface area (Å²) in [6.07, 6.45) is 9.62. The number of hydrogen-bond donors (Lipinski definition) is 1. The Morgan fingerprint density at radius 2 is 2.03 bits per heavy atom. The Labute approximate surface area is 228 Å². The van der Waals surface area contributed by atoms with Crippen molar-refractivity contribution < 1.29 is 0 Å². The third-order valence-electron chi connectivity index (χ3n) is 7.90. The molecular formula is C31H44ClN5. The lowest BCUT2D eigenvalue weighted by molar-refractivity contribution is 0.468. The number of allylic oxidation sites excluding steroid dienone is 1. The van der Waals surface area contributed by atoms with Gasteiger partial charge in [0, 0.05) is 54.4 Å². The topological polar surface area (TPSA) is 45.5 Å². The highest BCUT2D eigenvalue weighted by Crippen LogP contribution is 2.40. The molecule has 2 aromatic heterocycles. The zero-order valence-electron chi connectivity index (χ0n) is 23.4. The number of halogens is 1. The van der Waals surface area contributed by atoms with Crippen LogP contribution < -0.4 is 10.2 Å². The Bertz CT molecular complexity index is 1230. The standard InChI is InChI=1S/C31H44ClN5/c1-7-8-9-10-23(4)28-21-29-34-24(5)19-30(37(29)35-28)36(6)18-17-33-31(15-16-31)14-13-25-11-12-26(32)20-27(25)22(2)3/h11-12,19-21,23,33H,2,7-10,13-18H2,1,3-6H3. The lowest BCUT2D eigenvalue weighted by Gasteiger charge is -2.24. The largest absolute Gasteiger partial charge is 0.358 e. The maximum absolute atomic E-state index is 6.23. The third-order valence-corrected chi connectivity index (χ3v) is 8.13. The molecule has 1 N–H and O–H groups in total. The lowest BCUT2D eigenvalue weighted by atomic mass is 9.96. The van der Waals surface area contributed by atoms with Crippen molar-refractivity contribution >= 4 is 28.6 Å². The molecule has 5 nitrogen and oxygen atoms in total. The average molecular weight is 522 g/mol. The smallest absolute Gasteiger partial charge is 0.157 e. The lowest BCUT2D eigenvalue weighted by Crippen LogP contribution is -2.38. The number of benzene rings is 1. The molecule has 1 atom stereocenters. The highest BCUT2D eigenvalue weighted by atomic mass is 35.5. The van der Waals surface area contributed by atoms with Crippen LogP contribution in [-0.2, 0) is 6.42 Å². The van der Waals surface area contributed by atoms with Gasteiger partial charge in [-0.1, -0.05) is 62.9 Å². The van der Waals surface area contributed by atoms with Crippen molar-refractivity contribution in [3.63, 3.8) is 0 Å². The molecule has 4 rings (SSSR count). The summed E-state index contributed by atoms with van der Waals surface area (Å²) in [4.78, 5) is 7.08. The van der Waals surface area contributed by atoms with Gasteiger partial charge in [-0.2, -0.15) is 9.61 Å². The Hall–Kier alpha value is -2.37. The molecule has 1 aliphatic carbocycles. The first kappa shape index (κ1) is 27.7. The zero-order chi connectivity index (χ0) is 26.6. The van der Waals surface area contributed by atoms with Gasteiger partial charge in [0.05, 0.1) is 5.69 Å². The number of nitrogens with zero attached hydrogens (tertiary/aromatic N) is 4. The molecule has 200 valence electrons. The second-order valence-corrected chi connectivity index (χ2v) is 11.6. The van der Waals surface area contributed by atoms with Gasteiger partial charge in [-0.25, -0.2) is 4.98 Å². The molecule has 3 aromatic rings. The molecule has 1 aliphatic rings. The number of hydrogen-bond acceptors (Lipinski definition) is 4. The molecule has 1 fully saturated rings. The van der Waals surface area contributed by atoms with Crippen LogP contribution in [-0.4, -0.2) is 40.3 Å². The molecule has 1 unspecified atom stereocenters. The molecule has 1 aromatic carbocycles. The van der Waals surface area contributed by atoms with Crippen molar-refractivity contribution in [1.82, 2.24) is 19.9 Å². The van der Waals surface area contributed by atoms with Gasteiger partial charge in [0.2, 0.25) is 0 Å². The predicted molar refractivity (Wildman–Crippen MR) is 158 cm³/mol. The normalized spacial score (nSPS) is 15.2. The minimum atomic E-state index is 0.253. The summed E-state index contributed by atoms with van der Waals surface area (Å²) in [7, 11) is 2.16. The summed E-state index contributed by atoms with van der Waals surface area (Å²) in [5, 5.41) is 9.65. The summed E-state index contributed by atoms with van der Waals surface area (Å²) >= 11 is 6.23. The average Bonchev–Trinajstić information content (AvgIpc) is 3.50. The van der Waals surface area contributed by atoms with E-state index in [1.54, 1.807) is 0 Å². The molecule has 0 spiro atoms. The number of nitrogens with one attached hydrogen (secondary N) is 1. The van der Waals surface area contributed by atoms with Crippen LogP contribution in [0.2, 0.25) is 5.02 Å². The van der Waals surface area contributed by atoms with Gasteiger partial charge in [0.1, 0.15) is 5.82 Å². The predicted octanol–water partition coefficient (Wildman–Crippen LogP) is 7.60. The molecule has 0 amide bonds. The van der Waals surface area contributed by atoms with E-state index >= 15 is 0 Å². The zero-order valence-corrected chi connectivity index (χ0v) is 24.2. The summed E-state index contributed by atoms with van der Waals surface area (Å²) in [6, 6.07) is 10.5. The van der Waals surface area contributed by atoms with E-state index in [0.29, 0.717) is 5.92 Å². The van der Waals surface area contributed by atoms with Crippen molar-refractivity contribution in [2.75, 3.05) is 25.0 Å². The molecule has 0 radical (unpaired) electrons. The van der Waals surface area contributed by atoms with Gasteiger partial charge in [0.15, 0.2) is 5.65 Å². The van der Waals surface area contributed by atoms with E-state index in [0.717, 1.165) is 59.4 Å². The maximum atomic E-state index is 6.23. The van der Waals surface area contributed by atoms with Crippen LogP contribution >= 0.6 is 11.6 Å². The molecule has 1 saturated carbocycles. The number of aromatic nitrogens is 3. The van der Waals surface area contributed by atoms with Crippen molar-refractivity contribution in [1.29, 1.82) is 0 Å². The second kappa shape index (κ2) is 12.0. The van der Waals surface area contributed by atoms with Crippen LogP contribution in [0.15, 0.2) is 36.9 Å². The first-order chi connectivity index (χ1) is 17.7. The maximum Gasteiger partial charge on any atom is 0.157 e. The van der Waals surface area contributed by atoms with E-state index in [-0.39, 0.29) is 5.54 Å². The fourth-order valence-corrected chi connectivity index (χ4v) is 5.44. The fraction of sp³-hybridized carbons (Fsp3) is 0.548. The number of fused-ring (bicyclic) bond motifs is 1.